The molecule has 2 atom stereocenters. The molecule has 0 amide bonds. The molecule has 2 saturated carbocycles. The van der Waals surface area contributed by atoms with E-state index in [4.69, 9.17) is 0 Å². The first-order chi connectivity index (χ1) is 6.93. The molecule has 0 aromatic carbocycles. The van der Waals surface area contributed by atoms with Crippen LogP contribution >= 0.6 is 0 Å². The van der Waals surface area contributed by atoms with Gasteiger partial charge in [-0.05, 0) is 63.7 Å². The quantitative estimate of drug-likeness (QED) is 0.631. The van der Waals surface area contributed by atoms with Gasteiger partial charge in [0, 0.05) is 0 Å². The van der Waals surface area contributed by atoms with Gasteiger partial charge in [0.15, 0.2) is 0 Å². The van der Waals surface area contributed by atoms with Gasteiger partial charge >= 0.3 is 0 Å². The fourth-order valence-corrected chi connectivity index (χ4v) is 3.10. The summed E-state index contributed by atoms with van der Waals surface area (Å²) in [5, 5.41) is 6.78. The van der Waals surface area contributed by atoms with Crippen molar-refractivity contribution < 1.29 is 0 Å². The highest BCUT2D eigenvalue weighted by Crippen LogP contribution is 2.54. The Morgan fingerprint density at radius 1 is 1.07 bits per heavy atom. The van der Waals surface area contributed by atoms with E-state index in [0.29, 0.717) is 0 Å². The molecule has 0 aromatic rings. The normalized spacial score (nSPS) is 35.4. The van der Waals surface area contributed by atoms with Crippen molar-refractivity contribution in [3.8, 4) is 0 Å². The molecule has 2 unspecified atom stereocenters. The molecule has 82 valence electrons. The Balaban J connectivity index is 1.51. The van der Waals surface area contributed by atoms with Gasteiger partial charge in [0.1, 0.15) is 0 Å². The maximum absolute atomic E-state index is 3.60. The smallest absolute Gasteiger partial charge is 0.00150 e. The van der Waals surface area contributed by atoms with Crippen LogP contribution in [-0.2, 0) is 0 Å². The summed E-state index contributed by atoms with van der Waals surface area (Å²) in [5.41, 5.74) is 0. The average Bonchev–Trinajstić information content (AvgIpc) is 2.92. The summed E-state index contributed by atoms with van der Waals surface area (Å²) in [6, 6.07) is 0. The minimum Gasteiger partial charge on any atom is -0.320 e. The third-order valence-electron chi connectivity index (χ3n) is 3.99. The topological polar surface area (TPSA) is 24.1 Å². The maximum Gasteiger partial charge on any atom is -0.00150 e. The summed E-state index contributed by atoms with van der Waals surface area (Å²) in [6.45, 7) is 3.63. The summed E-state index contributed by atoms with van der Waals surface area (Å²) in [5.74, 6) is 3.27. The van der Waals surface area contributed by atoms with E-state index in [1.807, 2.05) is 7.05 Å². The molecule has 2 aliphatic carbocycles. The molecule has 0 aliphatic heterocycles. The summed E-state index contributed by atoms with van der Waals surface area (Å²) in [7, 11) is 2.02. The van der Waals surface area contributed by atoms with Gasteiger partial charge in [0.25, 0.3) is 0 Å². The standard InChI is InChI=1S/C12H24N2/c1-13-7-4-8-14-9-12-10-5-2-3-6-11(10)12/h10-14H,2-9H2,1H3. The van der Waals surface area contributed by atoms with Crippen LogP contribution in [0.5, 0.6) is 0 Å². The van der Waals surface area contributed by atoms with Gasteiger partial charge in [-0.15, -0.1) is 0 Å². The minimum absolute atomic E-state index is 1.05. The zero-order valence-electron chi connectivity index (χ0n) is 9.39. The van der Waals surface area contributed by atoms with Gasteiger partial charge in [0.2, 0.25) is 0 Å². The zero-order chi connectivity index (χ0) is 9.80. The van der Waals surface area contributed by atoms with Crippen molar-refractivity contribution in [1.29, 1.82) is 0 Å². The van der Waals surface area contributed by atoms with Gasteiger partial charge in [0.05, 0.1) is 0 Å². The molecule has 0 saturated heterocycles. The largest absolute Gasteiger partial charge is 0.320 e. The zero-order valence-corrected chi connectivity index (χ0v) is 9.39. The van der Waals surface area contributed by atoms with E-state index in [2.05, 4.69) is 10.6 Å². The highest BCUT2D eigenvalue weighted by Gasteiger charge is 2.49. The molecule has 2 nitrogen and oxygen atoms in total. The molecule has 2 rings (SSSR count). The van der Waals surface area contributed by atoms with Crippen LogP contribution in [0.15, 0.2) is 0 Å². The van der Waals surface area contributed by atoms with Crippen molar-refractivity contribution in [3.63, 3.8) is 0 Å². The van der Waals surface area contributed by atoms with Crippen LogP contribution in [0, 0.1) is 17.8 Å². The predicted octanol–water partition coefficient (Wildman–Crippen LogP) is 1.62. The van der Waals surface area contributed by atoms with E-state index < -0.39 is 0 Å². The number of rotatable bonds is 6. The highest BCUT2D eigenvalue weighted by atomic mass is 14.9. The van der Waals surface area contributed by atoms with E-state index in [-0.39, 0.29) is 0 Å². The van der Waals surface area contributed by atoms with Crippen molar-refractivity contribution in [3.05, 3.63) is 0 Å². The molecule has 2 fully saturated rings. The molecular weight excluding hydrogens is 172 g/mol. The summed E-state index contributed by atoms with van der Waals surface area (Å²) in [4.78, 5) is 0. The number of hydrogen-bond acceptors (Lipinski definition) is 2. The fourth-order valence-electron chi connectivity index (χ4n) is 3.10. The molecule has 2 aliphatic rings. The van der Waals surface area contributed by atoms with Crippen LogP contribution in [0.2, 0.25) is 0 Å². The van der Waals surface area contributed by atoms with Crippen LogP contribution < -0.4 is 10.6 Å². The lowest BCUT2D eigenvalue weighted by Gasteiger charge is -2.04. The second-order valence-electron chi connectivity index (χ2n) is 4.94. The maximum atomic E-state index is 3.60. The Kier molecular flexibility index (Phi) is 3.82. The Hall–Kier alpha value is -0.0800. The molecule has 0 radical (unpaired) electrons. The predicted molar refractivity (Wildman–Crippen MR) is 60.4 cm³/mol. The highest BCUT2D eigenvalue weighted by molar-refractivity contribution is 4.99. The van der Waals surface area contributed by atoms with Crippen molar-refractivity contribution in [2.45, 2.75) is 32.1 Å². The second kappa shape index (κ2) is 5.13. The molecule has 2 N–H and O–H groups in total. The SMILES string of the molecule is CNCCCNCC1C2CCCCC21. The molecule has 0 spiro atoms. The lowest BCUT2D eigenvalue weighted by molar-refractivity contribution is 0.480. The van der Waals surface area contributed by atoms with E-state index >= 15 is 0 Å². The Morgan fingerprint density at radius 3 is 2.43 bits per heavy atom. The fraction of sp³-hybridized carbons (Fsp3) is 1.00. The molecule has 2 heteroatoms. The van der Waals surface area contributed by atoms with Crippen LogP contribution in [0.3, 0.4) is 0 Å². The Labute approximate surface area is 87.8 Å². The Bertz CT molecular complexity index is 158. The molecular formula is C12H24N2. The summed E-state index contributed by atoms with van der Waals surface area (Å²) < 4.78 is 0. The number of nitrogens with one attached hydrogen (secondary N) is 2. The monoisotopic (exact) mass is 196 g/mol. The minimum atomic E-state index is 1.05. The van der Waals surface area contributed by atoms with Crippen molar-refractivity contribution >= 4 is 0 Å². The van der Waals surface area contributed by atoms with Crippen LogP contribution in [0.25, 0.3) is 0 Å². The van der Waals surface area contributed by atoms with Gasteiger partial charge in [-0.2, -0.15) is 0 Å². The molecule has 0 aromatic heterocycles. The third-order valence-corrected chi connectivity index (χ3v) is 3.99. The molecule has 0 heterocycles. The van der Waals surface area contributed by atoms with Crippen LogP contribution in [0.1, 0.15) is 32.1 Å². The van der Waals surface area contributed by atoms with Crippen LogP contribution in [-0.4, -0.2) is 26.7 Å². The van der Waals surface area contributed by atoms with E-state index in [0.717, 1.165) is 24.3 Å². The number of fused-ring (bicyclic) bond motifs is 1. The van der Waals surface area contributed by atoms with Gasteiger partial charge in [-0.25, -0.2) is 0 Å². The lowest BCUT2D eigenvalue weighted by Crippen LogP contribution is -2.22. The second-order valence-corrected chi connectivity index (χ2v) is 4.94. The van der Waals surface area contributed by atoms with Crippen molar-refractivity contribution in [1.82, 2.24) is 10.6 Å². The summed E-state index contributed by atoms with van der Waals surface area (Å²) in [6.07, 6.45) is 7.30. The van der Waals surface area contributed by atoms with Gasteiger partial charge < -0.3 is 10.6 Å². The third kappa shape index (κ3) is 2.48. The Morgan fingerprint density at radius 2 is 1.79 bits per heavy atom. The van der Waals surface area contributed by atoms with Crippen molar-refractivity contribution in [2.75, 3.05) is 26.7 Å². The average molecular weight is 196 g/mol. The van der Waals surface area contributed by atoms with Crippen molar-refractivity contribution in [2.24, 2.45) is 17.8 Å². The van der Waals surface area contributed by atoms with E-state index in [1.165, 1.54) is 45.2 Å². The first-order valence-electron chi connectivity index (χ1n) is 6.29. The van der Waals surface area contributed by atoms with Gasteiger partial charge in [-0.3, -0.25) is 0 Å². The lowest BCUT2D eigenvalue weighted by atomic mass is 10.0. The van der Waals surface area contributed by atoms with Crippen LogP contribution in [0.4, 0.5) is 0 Å². The first-order valence-corrected chi connectivity index (χ1v) is 6.29. The van der Waals surface area contributed by atoms with E-state index in [1.54, 1.807) is 0 Å². The molecule has 14 heavy (non-hydrogen) atoms. The first kappa shape index (κ1) is 10.4. The molecule has 0 bridgehead atoms. The van der Waals surface area contributed by atoms with E-state index in [9.17, 15) is 0 Å². The summed E-state index contributed by atoms with van der Waals surface area (Å²) >= 11 is 0. The number of hydrogen-bond donors (Lipinski definition) is 2. The van der Waals surface area contributed by atoms with Gasteiger partial charge in [-0.1, -0.05) is 12.8 Å².